The number of rotatable bonds is 5. The van der Waals surface area contributed by atoms with Gasteiger partial charge in [-0.15, -0.1) is 0 Å². The third-order valence-corrected chi connectivity index (χ3v) is 6.24. The van der Waals surface area contributed by atoms with E-state index in [1.54, 1.807) is 0 Å². The van der Waals surface area contributed by atoms with Crippen molar-refractivity contribution >= 4 is 9.84 Å². The van der Waals surface area contributed by atoms with Crippen molar-refractivity contribution < 1.29 is 12.9 Å². The van der Waals surface area contributed by atoms with E-state index >= 15 is 0 Å². The lowest BCUT2D eigenvalue weighted by molar-refractivity contribution is 0.153. The Morgan fingerprint density at radius 2 is 2.05 bits per heavy atom. The lowest BCUT2D eigenvalue weighted by Gasteiger charge is -2.34. The van der Waals surface area contributed by atoms with Gasteiger partial charge in [0, 0.05) is 18.5 Å². The highest BCUT2D eigenvalue weighted by molar-refractivity contribution is 7.91. The summed E-state index contributed by atoms with van der Waals surface area (Å²) in [5.74, 6) is 1.67. The molecule has 2 atom stereocenters. The standard InChI is InChI=1S/C14H24N4O3S/c1-2-13-16-14(21-17-13)8-15-11-9-22(19,20)10-12(11)18-6-4-3-5-7-18/h11-12,15H,2-10H2,1H3/t11-,12+/m0/s1. The Kier molecular flexibility index (Phi) is 4.79. The smallest absolute Gasteiger partial charge is 0.240 e. The van der Waals surface area contributed by atoms with Gasteiger partial charge in [-0.05, 0) is 25.9 Å². The van der Waals surface area contributed by atoms with Crippen LogP contribution in [-0.2, 0) is 22.8 Å². The molecule has 0 unspecified atom stereocenters. The molecule has 124 valence electrons. The lowest BCUT2D eigenvalue weighted by Crippen LogP contribution is -2.50. The van der Waals surface area contributed by atoms with Gasteiger partial charge in [0.15, 0.2) is 15.7 Å². The molecule has 0 saturated carbocycles. The average molecular weight is 328 g/mol. The topological polar surface area (TPSA) is 88.3 Å². The molecule has 1 N–H and O–H groups in total. The Balaban J connectivity index is 1.64. The van der Waals surface area contributed by atoms with Crippen molar-refractivity contribution in [1.82, 2.24) is 20.4 Å². The van der Waals surface area contributed by atoms with Crippen molar-refractivity contribution in [2.45, 2.75) is 51.2 Å². The number of sulfone groups is 1. The van der Waals surface area contributed by atoms with Gasteiger partial charge in [-0.1, -0.05) is 18.5 Å². The Morgan fingerprint density at radius 1 is 1.27 bits per heavy atom. The van der Waals surface area contributed by atoms with Gasteiger partial charge in [0.05, 0.1) is 18.1 Å². The van der Waals surface area contributed by atoms with Crippen LogP contribution in [0, 0.1) is 0 Å². The van der Waals surface area contributed by atoms with E-state index in [9.17, 15) is 8.42 Å². The number of nitrogens with one attached hydrogen (secondary N) is 1. The predicted octanol–water partition coefficient (Wildman–Crippen LogP) is 0.373. The SMILES string of the molecule is CCc1noc(CN[C@H]2CS(=O)(=O)C[C@H]2N2CCCCC2)n1. The molecule has 0 amide bonds. The van der Waals surface area contributed by atoms with Crippen LogP contribution in [0.3, 0.4) is 0 Å². The van der Waals surface area contributed by atoms with Crippen LogP contribution in [0.1, 0.15) is 37.9 Å². The van der Waals surface area contributed by atoms with Crippen molar-refractivity contribution in [3.05, 3.63) is 11.7 Å². The minimum Gasteiger partial charge on any atom is -0.338 e. The van der Waals surface area contributed by atoms with Gasteiger partial charge in [0.1, 0.15) is 0 Å². The van der Waals surface area contributed by atoms with E-state index in [1.807, 2.05) is 6.92 Å². The molecule has 0 aromatic carbocycles. The zero-order valence-electron chi connectivity index (χ0n) is 13.0. The van der Waals surface area contributed by atoms with Gasteiger partial charge in [0.25, 0.3) is 0 Å². The van der Waals surface area contributed by atoms with E-state index in [2.05, 4.69) is 20.4 Å². The second-order valence-corrected chi connectivity index (χ2v) is 8.34. The summed E-state index contributed by atoms with van der Waals surface area (Å²) in [5.41, 5.74) is 0. The Morgan fingerprint density at radius 3 is 2.73 bits per heavy atom. The number of piperidine rings is 1. The summed E-state index contributed by atoms with van der Waals surface area (Å²) in [6, 6.07) is 0.0129. The number of nitrogens with zero attached hydrogens (tertiary/aromatic N) is 3. The maximum absolute atomic E-state index is 12.0. The maximum atomic E-state index is 12.0. The fourth-order valence-corrected chi connectivity index (χ4v) is 5.34. The first-order chi connectivity index (χ1) is 10.6. The largest absolute Gasteiger partial charge is 0.338 e. The minimum absolute atomic E-state index is 0.0555. The molecular formula is C14H24N4O3S. The number of aryl methyl sites for hydroxylation is 1. The molecule has 0 bridgehead atoms. The second kappa shape index (κ2) is 6.64. The van der Waals surface area contributed by atoms with Crippen molar-refractivity contribution in [3.63, 3.8) is 0 Å². The Labute approximate surface area is 131 Å². The van der Waals surface area contributed by atoms with E-state index in [0.29, 0.717) is 18.3 Å². The summed E-state index contributed by atoms with van der Waals surface area (Å²) in [6.07, 6.45) is 4.30. The highest BCUT2D eigenvalue weighted by Crippen LogP contribution is 2.22. The summed E-state index contributed by atoms with van der Waals surface area (Å²) in [5, 5.41) is 7.18. The van der Waals surface area contributed by atoms with Gasteiger partial charge >= 0.3 is 0 Å². The van der Waals surface area contributed by atoms with Gasteiger partial charge in [-0.25, -0.2) is 8.42 Å². The van der Waals surface area contributed by atoms with E-state index in [-0.39, 0.29) is 23.6 Å². The summed E-state index contributed by atoms with van der Waals surface area (Å²) < 4.78 is 29.2. The van der Waals surface area contributed by atoms with E-state index in [4.69, 9.17) is 4.52 Å². The molecular weight excluding hydrogens is 304 g/mol. The first kappa shape index (κ1) is 15.9. The molecule has 1 aromatic rings. The van der Waals surface area contributed by atoms with Crippen molar-refractivity contribution in [2.24, 2.45) is 0 Å². The molecule has 0 radical (unpaired) electrons. The molecule has 22 heavy (non-hydrogen) atoms. The summed E-state index contributed by atoms with van der Waals surface area (Å²) in [7, 11) is -2.97. The molecule has 1 aromatic heterocycles. The number of hydrogen-bond acceptors (Lipinski definition) is 7. The van der Waals surface area contributed by atoms with Crippen molar-refractivity contribution in [1.29, 1.82) is 0 Å². The highest BCUT2D eigenvalue weighted by Gasteiger charge is 2.41. The van der Waals surface area contributed by atoms with Gasteiger partial charge in [0.2, 0.25) is 5.89 Å². The normalized spacial score (nSPS) is 29.0. The summed E-state index contributed by atoms with van der Waals surface area (Å²) >= 11 is 0. The monoisotopic (exact) mass is 328 g/mol. The van der Waals surface area contributed by atoms with Crippen LogP contribution in [0.25, 0.3) is 0 Å². The van der Waals surface area contributed by atoms with Crippen LogP contribution in [0.4, 0.5) is 0 Å². The van der Waals surface area contributed by atoms with Crippen LogP contribution in [0.2, 0.25) is 0 Å². The van der Waals surface area contributed by atoms with Crippen LogP contribution in [0.5, 0.6) is 0 Å². The van der Waals surface area contributed by atoms with Crippen LogP contribution >= 0.6 is 0 Å². The molecule has 2 saturated heterocycles. The molecule has 0 spiro atoms. The maximum Gasteiger partial charge on any atom is 0.240 e. The average Bonchev–Trinajstić information content (AvgIpc) is 3.09. The van der Waals surface area contributed by atoms with Crippen molar-refractivity contribution in [3.8, 4) is 0 Å². The highest BCUT2D eigenvalue weighted by atomic mass is 32.2. The molecule has 3 heterocycles. The molecule has 2 aliphatic heterocycles. The van der Waals surface area contributed by atoms with Crippen LogP contribution in [0.15, 0.2) is 4.52 Å². The fraction of sp³-hybridized carbons (Fsp3) is 0.857. The quantitative estimate of drug-likeness (QED) is 0.835. The Bertz CT molecular complexity index is 595. The molecule has 7 nitrogen and oxygen atoms in total. The zero-order chi connectivity index (χ0) is 15.6. The predicted molar refractivity (Wildman–Crippen MR) is 82.2 cm³/mol. The third kappa shape index (κ3) is 3.67. The fourth-order valence-electron chi connectivity index (χ4n) is 3.36. The van der Waals surface area contributed by atoms with E-state index in [0.717, 1.165) is 32.4 Å². The lowest BCUT2D eigenvalue weighted by atomic mass is 10.1. The number of hydrogen-bond donors (Lipinski definition) is 1. The minimum atomic E-state index is -2.97. The van der Waals surface area contributed by atoms with Gasteiger partial charge in [-0.3, -0.25) is 4.90 Å². The van der Waals surface area contributed by atoms with E-state index < -0.39 is 9.84 Å². The van der Waals surface area contributed by atoms with Crippen LogP contribution in [-0.4, -0.2) is 60.1 Å². The molecule has 8 heteroatoms. The van der Waals surface area contributed by atoms with Gasteiger partial charge < -0.3 is 9.84 Å². The summed E-state index contributed by atoms with van der Waals surface area (Å²) in [4.78, 5) is 6.59. The van der Waals surface area contributed by atoms with Crippen molar-refractivity contribution in [2.75, 3.05) is 24.6 Å². The number of aromatic nitrogens is 2. The first-order valence-electron chi connectivity index (χ1n) is 8.07. The van der Waals surface area contributed by atoms with Crippen LogP contribution < -0.4 is 5.32 Å². The molecule has 2 fully saturated rings. The second-order valence-electron chi connectivity index (χ2n) is 6.19. The third-order valence-electron chi connectivity index (χ3n) is 4.52. The van der Waals surface area contributed by atoms with E-state index in [1.165, 1.54) is 6.42 Å². The summed E-state index contributed by atoms with van der Waals surface area (Å²) in [6.45, 7) is 4.40. The number of likely N-dealkylation sites (tertiary alicyclic amines) is 1. The first-order valence-corrected chi connectivity index (χ1v) is 9.89. The molecule has 2 aliphatic rings. The molecule has 3 rings (SSSR count). The zero-order valence-corrected chi connectivity index (χ0v) is 13.8. The Hall–Kier alpha value is -0.990. The van der Waals surface area contributed by atoms with Gasteiger partial charge in [-0.2, -0.15) is 4.98 Å². The molecule has 0 aliphatic carbocycles.